The highest BCUT2D eigenvalue weighted by Crippen LogP contribution is 2.23. The van der Waals surface area contributed by atoms with E-state index in [-0.39, 0.29) is 16.3 Å². The number of rotatable bonds is 4. The van der Waals surface area contributed by atoms with E-state index in [1.807, 2.05) is 0 Å². The van der Waals surface area contributed by atoms with Crippen LogP contribution in [0.25, 0.3) is 11.3 Å². The summed E-state index contributed by atoms with van der Waals surface area (Å²) in [6.07, 6.45) is 1.82. The van der Waals surface area contributed by atoms with Crippen molar-refractivity contribution in [3.63, 3.8) is 0 Å². The largest absolute Gasteiger partial charge is 0.322 e. The van der Waals surface area contributed by atoms with E-state index < -0.39 is 10.0 Å². The SMILES string of the molecule is O=c1[nH]c(-c2ccc(S(=O)(=O)N3CCCC3)cc2)ccc1CCl. The molecule has 3 rings (SSSR count). The van der Waals surface area contributed by atoms with Crippen LogP contribution in [0.1, 0.15) is 18.4 Å². The maximum Gasteiger partial charge on any atom is 0.252 e. The maximum absolute atomic E-state index is 12.5. The average Bonchev–Trinajstić information content (AvgIpc) is 3.10. The van der Waals surface area contributed by atoms with Gasteiger partial charge in [-0.1, -0.05) is 18.2 Å². The molecule has 1 fully saturated rings. The lowest BCUT2D eigenvalue weighted by Gasteiger charge is -2.15. The van der Waals surface area contributed by atoms with Crippen LogP contribution in [0, 0.1) is 0 Å². The number of benzene rings is 1. The van der Waals surface area contributed by atoms with Gasteiger partial charge in [0.1, 0.15) is 0 Å². The van der Waals surface area contributed by atoms with Gasteiger partial charge < -0.3 is 4.98 Å². The van der Waals surface area contributed by atoms with Crippen molar-refractivity contribution < 1.29 is 8.42 Å². The summed E-state index contributed by atoms with van der Waals surface area (Å²) in [6.45, 7) is 1.16. The van der Waals surface area contributed by atoms with Crippen molar-refractivity contribution in [2.24, 2.45) is 0 Å². The van der Waals surface area contributed by atoms with Crippen LogP contribution in [0.2, 0.25) is 0 Å². The molecule has 1 aromatic carbocycles. The van der Waals surface area contributed by atoms with Crippen molar-refractivity contribution in [3.05, 3.63) is 52.3 Å². The van der Waals surface area contributed by atoms with Gasteiger partial charge in [0.2, 0.25) is 10.0 Å². The van der Waals surface area contributed by atoms with Crippen molar-refractivity contribution in [3.8, 4) is 11.3 Å². The van der Waals surface area contributed by atoms with E-state index in [0.717, 1.165) is 18.4 Å². The third kappa shape index (κ3) is 3.20. The van der Waals surface area contributed by atoms with Crippen LogP contribution in [-0.4, -0.2) is 30.8 Å². The van der Waals surface area contributed by atoms with Crippen molar-refractivity contribution in [2.75, 3.05) is 13.1 Å². The Hall–Kier alpha value is -1.63. The zero-order chi connectivity index (χ0) is 16.4. The van der Waals surface area contributed by atoms with E-state index in [1.54, 1.807) is 36.4 Å². The highest BCUT2D eigenvalue weighted by atomic mass is 35.5. The highest BCUT2D eigenvalue weighted by molar-refractivity contribution is 7.89. The van der Waals surface area contributed by atoms with Crippen molar-refractivity contribution in [1.82, 2.24) is 9.29 Å². The van der Waals surface area contributed by atoms with Crippen molar-refractivity contribution in [2.45, 2.75) is 23.6 Å². The Balaban J connectivity index is 1.90. The number of sulfonamides is 1. The Kier molecular flexibility index (Phi) is 4.57. The molecule has 2 aromatic rings. The first kappa shape index (κ1) is 16.2. The molecule has 7 heteroatoms. The van der Waals surface area contributed by atoms with Gasteiger partial charge in [-0.15, -0.1) is 11.6 Å². The molecule has 0 unspecified atom stereocenters. The third-order valence-corrected chi connectivity index (χ3v) is 6.20. The summed E-state index contributed by atoms with van der Waals surface area (Å²) in [5.41, 5.74) is 1.66. The van der Waals surface area contributed by atoms with Gasteiger partial charge in [0.15, 0.2) is 0 Å². The number of pyridine rings is 1. The van der Waals surface area contributed by atoms with Gasteiger partial charge in [-0.25, -0.2) is 8.42 Å². The van der Waals surface area contributed by atoms with Gasteiger partial charge in [0.05, 0.1) is 10.8 Å². The molecule has 1 N–H and O–H groups in total. The van der Waals surface area contributed by atoms with Gasteiger partial charge in [-0.2, -0.15) is 4.31 Å². The molecule has 1 aliphatic heterocycles. The van der Waals surface area contributed by atoms with Gasteiger partial charge in [-0.3, -0.25) is 4.79 Å². The first-order valence-electron chi connectivity index (χ1n) is 7.41. The topological polar surface area (TPSA) is 70.2 Å². The molecule has 0 saturated carbocycles. The second kappa shape index (κ2) is 6.47. The maximum atomic E-state index is 12.5. The van der Waals surface area contributed by atoms with Crippen LogP contribution >= 0.6 is 11.6 Å². The molecule has 0 bridgehead atoms. The number of aromatic amines is 1. The van der Waals surface area contributed by atoms with Gasteiger partial charge in [-0.05, 0) is 36.6 Å². The molecule has 2 heterocycles. The second-order valence-corrected chi connectivity index (χ2v) is 7.70. The minimum absolute atomic E-state index is 0.155. The molecule has 0 aliphatic carbocycles. The number of aromatic nitrogens is 1. The Labute approximate surface area is 140 Å². The molecule has 5 nitrogen and oxygen atoms in total. The second-order valence-electron chi connectivity index (χ2n) is 5.50. The lowest BCUT2D eigenvalue weighted by molar-refractivity contribution is 0.477. The molecule has 1 saturated heterocycles. The molecule has 23 heavy (non-hydrogen) atoms. The fourth-order valence-electron chi connectivity index (χ4n) is 2.66. The molecule has 1 aromatic heterocycles. The summed E-state index contributed by atoms with van der Waals surface area (Å²) in [5, 5.41) is 0. The fourth-order valence-corrected chi connectivity index (χ4v) is 4.39. The number of nitrogens with one attached hydrogen (secondary N) is 1. The number of H-pyrrole nitrogens is 1. The number of nitrogens with zero attached hydrogens (tertiary/aromatic N) is 1. The quantitative estimate of drug-likeness (QED) is 0.860. The Morgan fingerprint density at radius 3 is 2.26 bits per heavy atom. The van der Waals surface area contributed by atoms with E-state index in [9.17, 15) is 13.2 Å². The predicted octanol–water partition coefficient (Wildman–Crippen LogP) is 2.57. The Morgan fingerprint density at radius 1 is 1.04 bits per heavy atom. The smallest absolute Gasteiger partial charge is 0.252 e. The summed E-state index contributed by atoms with van der Waals surface area (Å²) in [6, 6.07) is 10.0. The number of alkyl halides is 1. The van der Waals surface area contributed by atoms with E-state index in [1.165, 1.54) is 4.31 Å². The Morgan fingerprint density at radius 2 is 1.70 bits per heavy atom. The minimum atomic E-state index is -3.41. The van der Waals surface area contributed by atoms with Crippen molar-refractivity contribution >= 4 is 21.6 Å². The molecular formula is C16H17ClN2O3S. The van der Waals surface area contributed by atoms with Crippen LogP contribution in [0.3, 0.4) is 0 Å². The van der Waals surface area contributed by atoms with E-state index >= 15 is 0 Å². The third-order valence-electron chi connectivity index (χ3n) is 4.00. The molecule has 1 aliphatic rings. The highest BCUT2D eigenvalue weighted by Gasteiger charge is 2.26. The zero-order valence-electron chi connectivity index (χ0n) is 12.5. The summed E-state index contributed by atoms with van der Waals surface area (Å²) in [4.78, 5) is 14.8. The molecule has 0 amide bonds. The zero-order valence-corrected chi connectivity index (χ0v) is 14.0. The molecule has 122 valence electrons. The summed E-state index contributed by atoms with van der Waals surface area (Å²) in [5.74, 6) is 0.155. The fraction of sp³-hybridized carbons (Fsp3) is 0.312. The van der Waals surface area contributed by atoms with Gasteiger partial charge in [0.25, 0.3) is 5.56 Å². The minimum Gasteiger partial charge on any atom is -0.322 e. The molecule has 0 spiro atoms. The molecular weight excluding hydrogens is 336 g/mol. The lowest BCUT2D eigenvalue weighted by atomic mass is 10.1. The van der Waals surface area contributed by atoms with Crippen LogP contribution < -0.4 is 5.56 Å². The van der Waals surface area contributed by atoms with Crippen LogP contribution in [0.15, 0.2) is 46.1 Å². The van der Waals surface area contributed by atoms with E-state index in [0.29, 0.717) is 24.3 Å². The first-order chi connectivity index (χ1) is 11.0. The lowest BCUT2D eigenvalue weighted by Crippen LogP contribution is -2.27. The normalized spacial score (nSPS) is 15.9. The van der Waals surface area contributed by atoms with E-state index in [2.05, 4.69) is 4.98 Å². The number of hydrogen-bond donors (Lipinski definition) is 1. The standard InChI is InChI=1S/C16H17ClN2O3S/c17-11-13-5-8-15(18-16(13)20)12-3-6-14(7-4-12)23(21,22)19-9-1-2-10-19/h3-8H,1-2,9-11H2,(H,18,20). The van der Waals surface area contributed by atoms with Crippen molar-refractivity contribution in [1.29, 1.82) is 0 Å². The van der Waals surface area contributed by atoms with Gasteiger partial charge in [0, 0.05) is 24.3 Å². The Bertz CT molecular complexity index is 854. The average molecular weight is 353 g/mol. The van der Waals surface area contributed by atoms with Crippen LogP contribution in [-0.2, 0) is 15.9 Å². The predicted molar refractivity (Wildman–Crippen MR) is 90.0 cm³/mol. The van der Waals surface area contributed by atoms with Crippen LogP contribution in [0.5, 0.6) is 0 Å². The van der Waals surface area contributed by atoms with Crippen LogP contribution in [0.4, 0.5) is 0 Å². The first-order valence-corrected chi connectivity index (χ1v) is 9.38. The molecule has 0 atom stereocenters. The summed E-state index contributed by atoms with van der Waals surface area (Å²) < 4.78 is 26.5. The number of hydrogen-bond acceptors (Lipinski definition) is 3. The monoisotopic (exact) mass is 352 g/mol. The molecule has 0 radical (unpaired) electrons. The van der Waals surface area contributed by atoms with E-state index in [4.69, 9.17) is 11.6 Å². The summed E-state index contributed by atoms with van der Waals surface area (Å²) >= 11 is 5.67. The summed E-state index contributed by atoms with van der Waals surface area (Å²) in [7, 11) is -3.41. The van der Waals surface area contributed by atoms with Gasteiger partial charge >= 0.3 is 0 Å². The number of halogens is 1.